The lowest BCUT2D eigenvalue weighted by Crippen LogP contribution is -2.47. The Bertz CT molecular complexity index is 362. The zero-order valence-corrected chi connectivity index (χ0v) is 14.1. The summed E-state index contributed by atoms with van der Waals surface area (Å²) in [4.78, 5) is 2.89. The van der Waals surface area contributed by atoms with Crippen molar-refractivity contribution in [2.45, 2.75) is 77.0 Å². The van der Waals surface area contributed by atoms with Gasteiger partial charge in [0.15, 0.2) is 0 Å². The first-order valence-electron chi connectivity index (χ1n) is 7.28. The fraction of sp³-hybridized carbons (Fsp3) is 0.857. The highest BCUT2D eigenvalue weighted by atomic mass is 28.4. The van der Waals surface area contributed by atoms with Gasteiger partial charge < -0.3 is 4.43 Å². The van der Waals surface area contributed by atoms with E-state index in [-0.39, 0.29) is 6.04 Å². The summed E-state index contributed by atoms with van der Waals surface area (Å²) in [6.45, 7) is 13.7. The molecule has 0 aromatic carbocycles. The third-order valence-corrected chi connectivity index (χ3v) is 10.3. The van der Waals surface area contributed by atoms with Gasteiger partial charge in [-0.05, 0) is 34.7 Å². The highest BCUT2D eigenvalue weighted by molar-refractivity contribution is 6.77. The van der Waals surface area contributed by atoms with Crippen LogP contribution in [0.25, 0.3) is 10.4 Å². The molecule has 0 saturated heterocycles. The average Bonchev–Trinajstić information content (AvgIpc) is 2.72. The molecule has 0 spiro atoms. The minimum Gasteiger partial charge on any atom is -0.546 e. The van der Waals surface area contributed by atoms with Crippen molar-refractivity contribution in [3.05, 3.63) is 22.3 Å². The molecule has 0 radical (unpaired) electrons. The predicted octanol–water partition coefficient (Wildman–Crippen LogP) is 5.54. The van der Waals surface area contributed by atoms with Crippen LogP contribution in [-0.2, 0) is 4.43 Å². The van der Waals surface area contributed by atoms with Crippen LogP contribution >= 0.6 is 0 Å². The minimum absolute atomic E-state index is 0.0156. The van der Waals surface area contributed by atoms with E-state index in [1.165, 1.54) is 0 Å². The molecule has 108 valence electrons. The summed E-state index contributed by atoms with van der Waals surface area (Å²) in [6.07, 6.45) is 3.82. The predicted molar refractivity (Wildman–Crippen MR) is 82.4 cm³/mol. The van der Waals surface area contributed by atoms with Crippen molar-refractivity contribution < 1.29 is 4.43 Å². The number of hydrogen-bond donors (Lipinski definition) is 0. The average molecular weight is 281 g/mol. The molecule has 0 N–H and O–H groups in total. The van der Waals surface area contributed by atoms with Crippen molar-refractivity contribution in [1.29, 1.82) is 0 Å². The third-order valence-electron chi connectivity index (χ3n) is 4.28. The van der Waals surface area contributed by atoms with E-state index in [1.54, 1.807) is 0 Å². The molecule has 1 rings (SSSR count). The highest BCUT2D eigenvalue weighted by Gasteiger charge is 2.47. The zero-order chi connectivity index (χ0) is 14.6. The molecule has 1 atom stereocenters. The molecule has 1 aliphatic rings. The Morgan fingerprint density at radius 1 is 1.21 bits per heavy atom. The monoisotopic (exact) mass is 281 g/mol. The topological polar surface area (TPSA) is 58.0 Å². The molecule has 0 aromatic rings. The Hall–Kier alpha value is -0.933. The highest BCUT2D eigenvalue weighted by Crippen LogP contribution is 2.44. The van der Waals surface area contributed by atoms with Crippen LogP contribution in [0, 0.1) is 0 Å². The standard InChI is InChI=1S/C14H27N3OSi/c1-10(2)19(11(3)4,12(5)6)18-14-8-7-13(9-14)16-17-15/h9-13H,7-8H2,1-6H3. The Morgan fingerprint density at radius 2 is 1.74 bits per heavy atom. The van der Waals surface area contributed by atoms with Crippen LogP contribution in [0.3, 0.4) is 0 Å². The Balaban J connectivity index is 2.97. The van der Waals surface area contributed by atoms with Crippen molar-refractivity contribution in [3.63, 3.8) is 0 Å². The summed E-state index contributed by atoms with van der Waals surface area (Å²) in [7, 11) is -1.85. The van der Waals surface area contributed by atoms with E-state index in [9.17, 15) is 0 Å². The van der Waals surface area contributed by atoms with Crippen LogP contribution in [0.1, 0.15) is 54.4 Å². The van der Waals surface area contributed by atoms with E-state index >= 15 is 0 Å². The molecule has 0 fully saturated rings. The maximum absolute atomic E-state index is 8.51. The lowest BCUT2D eigenvalue weighted by atomic mass is 10.3. The first-order chi connectivity index (χ1) is 8.84. The van der Waals surface area contributed by atoms with Crippen molar-refractivity contribution in [2.24, 2.45) is 5.11 Å². The number of allylic oxidation sites excluding steroid dienone is 1. The van der Waals surface area contributed by atoms with Gasteiger partial charge in [-0.15, -0.1) is 0 Å². The molecule has 0 saturated carbocycles. The lowest BCUT2D eigenvalue weighted by molar-refractivity contribution is 0.361. The van der Waals surface area contributed by atoms with Crippen LogP contribution in [0.4, 0.5) is 0 Å². The second-order valence-electron chi connectivity index (χ2n) is 6.36. The largest absolute Gasteiger partial charge is 0.546 e. The van der Waals surface area contributed by atoms with E-state index in [1.807, 2.05) is 6.08 Å². The van der Waals surface area contributed by atoms with Gasteiger partial charge in [-0.2, -0.15) is 0 Å². The molecular formula is C14H27N3OSi. The fourth-order valence-corrected chi connectivity index (χ4v) is 8.83. The molecule has 4 nitrogen and oxygen atoms in total. The molecule has 0 aromatic heterocycles. The van der Waals surface area contributed by atoms with Gasteiger partial charge in [0.1, 0.15) is 0 Å². The van der Waals surface area contributed by atoms with E-state index < -0.39 is 8.32 Å². The second-order valence-corrected chi connectivity index (χ2v) is 11.7. The van der Waals surface area contributed by atoms with E-state index in [0.29, 0.717) is 16.6 Å². The third kappa shape index (κ3) is 3.34. The Morgan fingerprint density at radius 3 is 2.16 bits per heavy atom. The maximum atomic E-state index is 8.51. The molecule has 0 aliphatic heterocycles. The zero-order valence-electron chi connectivity index (χ0n) is 13.1. The SMILES string of the molecule is CC(C)[Si](OC1=CC(N=[N+]=[N-])CC1)(C(C)C)C(C)C. The van der Waals surface area contributed by atoms with E-state index in [0.717, 1.165) is 18.6 Å². The smallest absolute Gasteiger partial charge is 0.258 e. The van der Waals surface area contributed by atoms with Crippen molar-refractivity contribution >= 4 is 8.32 Å². The Kier molecular flexibility index (Phi) is 5.50. The molecule has 19 heavy (non-hydrogen) atoms. The first-order valence-corrected chi connectivity index (χ1v) is 9.42. The van der Waals surface area contributed by atoms with Gasteiger partial charge in [0, 0.05) is 11.3 Å². The van der Waals surface area contributed by atoms with Gasteiger partial charge in [-0.25, -0.2) is 0 Å². The summed E-state index contributed by atoms with van der Waals surface area (Å²) >= 11 is 0. The van der Waals surface area contributed by atoms with Crippen LogP contribution in [0.2, 0.25) is 16.6 Å². The maximum Gasteiger partial charge on any atom is 0.258 e. The van der Waals surface area contributed by atoms with Crippen molar-refractivity contribution in [3.8, 4) is 0 Å². The lowest BCUT2D eigenvalue weighted by Gasteiger charge is -2.42. The van der Waals surface area contributed by atoms with Crippen molar-refractivity contribution in [2.75, 3.05) is 0 Å². The number of azide groups is 1. The van der Waals surface area contributed by atoms with Gasteiger partial charge in [0.2, 0.25) is 0 Å². The number of rotatable bonds is 6. The molecule has 0 heterocycles. The van der Waals surface area contributed by atoms with Gasteiger partial charge in [0.05, 0.1) is 11.8 Å². The Labute approximate surface area is 118 Å². The summed E-state index contributed by atoms with van der Waals surface area (Å²) in [5, 5.41) is 3.78. The molecule has 0 bridgehead atoms. The van der Waals surface area contributed by atoms with Crippen LogP contribution in [-0.4, -0.2) is 14.4 Å². The molecule has 1 unspecified atom stereocenters. The summed E-state index contributed by atoms with van der Waals surface area (Å²) in [6, 6.07) is -0.0156. The van der Waals surface area contributed by atoms with Gasteiger partial charge >= 0.3 is 0 Å². The van der Waals surface area contributed by atoms with E-state index in [2.05, 4.69) is 51.6 Å². The van der Waals surface area contributed by atoms with E-state index in [4.69, 9.17) is 9.96 Å². The molecular weight excluding hydrogens is 254 g/mol. The van der Waals surface area contributed by atoms with Gasteiger partial charge in [-0.3, -0.25) is 0 Å². The molecule has 1 aliphatic carbocycles. The van der Waals surface area contributed by atoms with Gasteiger partial charge in [0.25, 0.3) is 8.32 Å². The normalized spacial score (nSPS) is 19.8. The fourth-order valence-electron chi connectivity index (χ4n) is 3.49. The number of hydrogen-bond acceptors (Lipinski definition) is 2. The quantitative estimate of drug-likeness (QED) is 0.273. The summed E-state index contributed by atoms with van der Waals surface area (Å²) in [5.74, 6) is 1.06. The number of nitrogens with zero attached hydrogens (tertiary/aromatic N) is 3. The van der Waals surface area contributed by atoms with Crippen LogP contribution in [0.15, 0.2) is 16.9 Å². The minimum atomic E-state index is -1.85. The summed E-state index contributed by atoms with van der Waals surface area (Å²) in [5.41, 5.74) is 10.2. The van der Waals surface area contributed by atoms with Crippen LogP contribution in [0.5, 0.6) is 0 Å². The van der Waals surface area contributed by atoms with Crippen molar-refractivity contribution in [1.82, 2.24) is 0 Å². The molecule has 5 heteroatoms. The second kappa shape index (κ2) is 6.48. The van der Waals surface area contributed by atoms with Crippen LogP contribution < -0.4 is 0 Å². The van der Waals surface area contributed by atoms with Gasteiger partial charge in [-0.1, -0.05) is 46.7 Å². The molecule has 0 amide bonds. The first kappa shape index (κ1) is 16.1. The summed E-state index contributed by atoms with van der Waals surface area (Å²) < 4.78 is 6.58.